The summed E-state index contributed by atoms with van der Waals surface area (Å²) in [6, 6.07) is 12.9. The highest BCUT2D eigenvalue weighted by Crippen LogP contribution is 2.35. The van der Waals surface area contributed by atoms with Gasteiger partial charge >= 0.3 is 6.09 Å². The van der Waals surface area contributed by atoms with Crippen LogP contribution in [-0.2, 0) is 14.5 Å². The lowest BCUT2D eigenvalue weighted by atomic mass is 10.1. The molecule has 204 valence electrons. The fraction of sp³-hybridized carbons (Fsp3) is 0.259. The Balaban J connectivity index is 1.95. The smallest absolute Gasteiger partial charge is 0.442 e. The van der Waals surface area contributed by atoms with Crippen LogP contribution < -0.4 is 14.8 Å². The largest absolute Gasteiger partial charge is 0.493 e. The minimum Gasteiger partial charge on any atom is -0.493 e. The molecule has 0 aliphatic carbocycles. The maximum atomic E-state index is 13.5. The molecule has 0 aliphatic rings. The highest BCUT2D eigenvalue weighted by atomic mass is 79.9. The molecule has 1 aromatic heterocycles. The number of aromatic nitrogens is 1. The summed E-state index contributed by atoms with van der Waals surface area (Å²) in [4.78, 5) is 30.1. The van der Waals surface area contributed by atoms with Crippen molar-refractivity contribution in [2.45, 2.75) is 38.2 Å². The Morgan fingerprint density at radius 1 is 1.15 bits per heavy atom. The van der Waals surface area contributed by atoms with Crippen molar-refractivity contribution < 1.29 is 28.0 Å². The van der Waals surface area contributed by atoms with E-state index in [1.807, 2.05) is 6.07 Å². The van der Waals surface area contributed by atoms with Crippen LogP contribution >= 0.6 is 15.9 Å². The first kappa shape index (κ1) is 29.6. The van der Waals surface area contributed by atoms with Crippen molar-refractivity contribution in [3.63, 3.8) is 0 Å². The molecule has 10 nitrogen and oxygen atoms in total. The van der Waals surface area contributed by atoms with Gasteiger partial charge in [0, 0.05) is 33.6 Å². The van der Waals surface area contributed by atoms with Crippen molar-refractivity contribution in [1.82, 2.24) is 4.98 Å². The quantitative estimate of drug-likeness (QED) is 0.333. The van der Waals surface area contributed by atoms with Crippen molar-refractivity contribution >= 4 is 43.3 Å². The van der Waals surface area contributed by atoms with Crippen LogP contribution in [-0.4, -0.2) is 40.2 Å². The number of anilines is 1. The van der Waals surface area contributed by atoms with Gasteiger partial charge in [0.05, 0.1) is 28.5 Å². The average Bonchev–Trinajstić information content (AvgIpc) is 2.85. The predicted molar refractivity (Wildman–Crippen MR) is 150 cm³/mol. The van der Waals surface area contributed by atoms with Crippen molar-refractivity contribution in [1.29, 1.82) is 5.26 Å². The fourth-order valence-corrected chi connectivity index (χ4v) is 4.71. The number of carbonyl (C=O) groups excluding carboxylic acids is 2. The molecular weight excluding hydrogens is 588 g/mol. The second kappa shape index (κ2) is 11.8. The molecule has 0 spiro atoms. The zero-order valence-corrected chi connectivity index (χ0v) is 24.6. The number of methoxy groups -OCH3 is 1. The number of nitrogens with one attached hydrogen (secondary N) is 1. The minimum atomic E-state index is -3.16. The highest BCUT2D eigenvalue weighted by Gasteiger charge is 2.22. The van der Waals surface area contributed by atoms with Gasteiger partial charge < -0.3 is 19.5 Å². The number of rotatable bonds is 6. The molecule has 0 aliphatic heterocycles. The fourth-order valence-electron chi connectivity index (χ4n) is 3.31. The van der Waals surface area contributed by atoms with Crippen molar-refractivity contribution in [2.24, 2.45) is 4.36 Å². The molecule has 3 aromatic rings. The van der Waals surface area contributed by atoms with Crippen LogP contribution in [0, 0.1) is 18.3 Å². The number of amides is 2. The summed E-state index contributed by atoms with van der Waals surface area (Å²) >= 11 is 3.39. The van der Waals surface area contributed by atoms with Crippen LogP contribution in [0.5, 0.6) is 17.4 Å². The lowest BCUT2D eigenvalue weighted by Crippen LogP contribution is -2.22. The lowest BCUT2D eigenvalue weighted by Gasteiger charge is -2.17. The number of nitriles is 1. The summed E-state index contributed by atoms with van der Waals surface area (Å²) in [6.45, 7) is 6.77. The summed E-state index contributed by atoms with van der Waals surface area (Å²) in [6.07, 6.45) is 1.88. The first-order chi connectivity index (χ1) is 18.2. The Kier molecular flexibility index (Phi) is 8.99. The zero-order valence-electron chi connectivity index (χ0n) is 22.2. The third-order valence-corrected chi connectivity index (χ3v) is 7.57. The number of carbonyl (C=O) groups is 2. The van der Waals surface area contributed by atoms with E-state index in [9.17, 15) is 13.8 Å². The molecule has 0 saturated heterocycles. The molecule has 0 bridgehead atoms. The third-order valence-electron chi connectivity index (χ3n) is 5.14. The van der Waals surface area contributed by atoms with E-state index >= 15 is 0 Å². The average molecular weight is 616 g/mol. The highest BCUT2D eigenvalue weighted by molar-refractivity contribution is 9.10. The summed E-state index contributed by atoms with van der Waals surface area (Å²) < 4.78 is 34.0. The Hall–Kier alpha value is -3.95. The summed E-state index contributed by atoms with van der Waals surface area (Å²) in [5.74, 6) is 0.0116. The van der Waals surface area contributed by atoms with Gasteiger partial charge in [0.15, 0.2) is 11.5 Å². The number of nitrogens with zero attached hydrogens (tertiary/aromatic N) is 3. The van der Waals surface area contributed by atoms with Crippen LogP contribution in [0.2, 0.25) is 0 Å². The van der Waals surface area contributed by atoms with Crippen molar-refractivity contribution in [3.8, 4) is 23.4 Å². The second-order valence-corrected chi connectivity index (χ2v) is 12.5. The monoisotopic (exact) mass is 614 g/mol. The van der Waals surface area contributed by atoms with Gasteiger partial charge in [0.1, 0.15) is 11.2 Å². The van der Waals surface area contributed by atoms with Gasteiger partial charge in [-0.3, -0.25) is 4.79 Å². The number of benzene rings is 2. The van der Waals surface area contributed by atoms with E-state index in [2.05, 4.69) is 30.6 Å². The normalized spacial score (nSPS) is 12.5. The lowest BCUT2D eigenvalue weighted by molar-refractivity contribution is 0.0607. The van der Waals surface area contributed by atoms with Crippen LogP contribution in [0.25, 0.3) is 0 Å². The van der Waals surface area contributed by atoms with Crippen LogP contribution in [0.15, 0.2) is 62.4 Å². The molecule has 39 heavy (non-hydrogen) atoms. The van der Waals surface area contributed by atoms with E-state index in [1.54, 1.807) is 58.0 Å². The topological polar surface area (TPSA) is 140 Å². The number of ether oxygens (including phenoxy) is 3. The molecule has 1 heterocycles. The summed E-state index contributed by atoms with van der Waals surface area (Å²) in [5, 5.41) is 11.9. The molecule has 0 fully saturated rings. The van der Waals surface area contributed by atoms with Gasteiger partial charge in [-0.2, -0.15) is 5.26 Å². The number of halogens is 1. The molecule has 0 radical (unpaired) electrons. The van der Waals surface area contributed by atoms with Crippen molar-refractivity contribution in [2.75, 3.05) is 18.7 Å². The van der Waals surface area contributed by atoms with E-state index in [4.69, 9.17) is 19.5 Å². The maximum Gasteiger partial charge on any atom is 0.442 e. The molecule has 3 rings (SSSR count). The van der Waals surface area contributed by atoms with E-state index in [-0.39, 0.29) is 22.1 Å². The van der Waals surface area contributed by atoms with Gasteiger partial charge in [-0.05, 0) is 79.5 Å². The van der Waals surface area contributed by atoms with E-state index in [0.717, 1.165) is 0 Å². The van der Waals surface area contributed by atoms with Gasteiger partial charge in [0.25, 0.3) is 5.91 Å². The van der Waals surface area contributed by atoms with Crippen LogP contribution in [0.1, 0.15) is 42.3 Å². The van der Waals surface area contributed by atoms with Crippen molar-refractivity contribution in [3.05, 3.63) is 69.8 Å². The van der Waals surface area contributed by atoms with Gasteiger partial charge in [0.2, 0.25) is 5.88 Å². The van der Waals surface area contributed by atoms with Crippen LogP contribution in [0.3, 0.4) is 0 Å². The molecule has 12 heteroatoms. The molecule has 1 N–H and O–H groups in total. The first-order valence-corrected chi connectivity index (χ1v) is 14.2. The maximum absolute atomic E-state index is 13.5. The van der Waals surface area contributed by atoms with Gasteiger partial charge in [-0.1, -0.05) is 6.07 Å². The van der Waals surface area contributed by atoms with E-state index in [0.29, 0.717) is 27.0 Å². The third kappa shape index (κ3) is 7.55. The Bertz CT molecular complexity index is 1600. The summed E-state index contributed by atoms with van der Waals surface area (Å²) in [5.41, 5.74) is 0.594. The summed E-state index contributed by atoms with van der Waals surface area (Å²) in [7, 11) is -1.73. The van der Waals surface area contributed by atoms with Gasteiger partial charge in [-0.25, -0.2) is 14.0 Å². The number of hydrogen-bond acceptors (Lipinski definition) is 8. The standard InChI is InChI=1S/C27H27BrN4O6S/c1-16-20(28)15-30-25(37-21-11-10-17(14-29)12-22(21)36-5)23(16)24(33)31-18-8-7-9-19(13-18)39(6,35)32-26(34)38-27(2,3)4/h7-13,15H,1-6H3,(H,31,33)/t39-/m1/s1. The molecule has 2 amide bonds. The first-order valence-electron chi connectivity index (χ1n) is 11.5. The molecule has 0 saturated carbocycles. The van der Waals surface area contributed by atoms with E-state index in [1.165, 1.54) is 31.7 Å². The molecule has 1 atom stereocenters. The SMILES string of the molecule is COc1cc(C#N)ccc1Oc1ncc(Br)c(C)c1C(=O)Nc1cccc([S@@](C)(=O)=NC(=O)OC(C)(C)C)c1. The van der Waals surface area contributed by atoms with Crippen LogP contribution in [0.4, 0.5) is 10.5 Å². The molecular formula is C27H27BrN4O6S. The molecule has 0 unspecified atom stereocenters. The predicted octanol–water partition coefficient (Wildman–Crippen LogP) is 6.47. The second-order valence-electron chi connectivity index (χ2n) is 9.35. The van der Waals surface area contributed by atoms with Gasteiger partial charge in [-0.15, -0.1) is 4.36 Å². The minimum absolute atomic E-state index is 0.00609. The Labute approximate surface area is 235 Å². The Morgan fingerprint density at radius 3 is 2.51 bits per heavy atom. The Morgan fingerprint density at radius 2 is 1.87 bits per heavy atom. The zero-order chi connectivity index (χ0) is 29.0. The number of pyridine rings is 1. The van der Waals surface area contributed by atoms with E-state index < -0.39 is 27.3 Å². The molecule has 2 aromatic carbocycles. The number of hydrogen-bond donors (Lipinski definition) is 1.